The number of aromatic amines is 1. The number of hydrogen-bond donors (Lipinski definition) is 1. The van der Waals surface area contributed by atoms with Gasteiger partial charge in [0.1, 0.15) is 0 Å². The van der Waals surface area contributed by atoms with E-state index in [-0.39, 0.29) is 10.6 Å². The molecule has 1 aromatic heterocycles. The molecule has 0 saturated carbocycles. The van der Waals surface area contributed by atoms with Crippen LogP contribution in [0.2, 0.25) is 0 Å². The van der Waals surface area contributed by atoms with Crippen LogP contribution in [0.5, 0.6) is 0 Å². The number of hydrogen-bond acceptors (Lipinski definition) is 5. The van der Waals surface area contributed by atoms with Crippen molar-refractivity contribution in [2.75, 3.05) is 0 Å². The summed E-state index contributed by atoms with van der Waals surface area (Å²) < 4.78 is 0. The number of nitrogens with zero attached hydrogens (tertiary/aromatic N) is 4. The zero-order chi connectivity index (χ0) is 19.3. The largest absolute Gasteiger partial charge is 0.272 e. The molecule has 0 aliphatic carbocycles. The molecule has 4 rings (SSSR count). The van der Waals surface area contributed by atoms with Gasteiger partial charge < -0.3 is 0 Å². The number of nitrogens with one attached hydrogen (secondary N) is 1. The number of aromatic nitrogens is 4. The van der Waals surface area contributed by atoms with Crippen LogP contribution in [-0.2, 0) is 12.8 Å². The first-order chi connectivity index (χ1) is 13.7. The molecule has 0 bridgehead atoms. The van der Waals surface area contributed by atoms with Crippen LogP contribution in [0.4, 0.5) is 5.69 Å². The minimum Gasteiger partial charge on any atom is -0.258 e. The molecule has 7 heteroatoms. The van der Waals surface area contributed by atoms with Gasteiger partial charge in [-0.25, -0.2) is 0 Å². The lowest BCUT2D eigenvalue weighted by Crippen LogP contribution is -1.98. The quantitative estimate of drug-likeness (QED) is 0.404. The summed E-state index contributed by atoms with van der Waals surface area (Å²) in [5.41, 5.74) is 4.81. The molecule has 1 N–H and O–H groups in total. The molecule has 0 fully saturated rings. The van der Waals surface area contributed by atoms with Gasteiger partial charge in [-0.2, -0.15) is 5.21 Å². The Morgan fingerprint density at radius 3 is 2.25 bits per heavy atom. The van der Waals surface area contributed by atoms with Crippen LogP contribution < -0.4 is 0 Å². The molecular weight excluding hydrogens is 354 g/mol. The lowest BCUT2D eigenvalue weighted by Gasteiger charge is -2.08. The van der Waals surface area contributed by atoms with E-state index in [0.717, 1.165) is 34.2 Å². The molecule has 138 valence electrons. The van der Waals surface area contributed by atoms with Gasteiger partial charge in [-0.05, 0) is 46.9 Å². The van der Waals surface area contributed by atoms with Crippen molar-refractivity contribution in [3.63, 3.8) is 0 Å². The van der Waals surface area contributed by atoms with Gasteiger partial charge in [0.15, 0.2) is 0 Å². The molecule has 0 atom stereocenters. The number of aryl methyl sites for hydroxylation is 2. The standard InChI is InChI=1S/C21H17N5O2/c27-26(28)20-13-12-18(14-19(20)7-6-15-4-2-1-3-5-15)16-8-10-17(11-9-16)21-22-24-25-23-21/h1-5,8-14H,6-7H2,(H,22,23,24,25). The van der Waals surface area contributed by atoms with E-state index in [0.29, 0.717) is 12.2 Å². The second-order valence-corrected chi connectivity index (χ2v) is 6.40. The molecule has 1 heterocycles. The number of H-pyrrole nitrogens is 1. The van der Waals surface area contributed by atoms with Crippen molar-refractivity contribution >= 4 is 5.69 Å². The number of benzene rings is 3. The Bertz CT molecular complexity index is 1080. The summed E-state index contributed by atoms with van der Waals surface area (Å²) in [6.45, 7) is 0. The van der Waals surface area contributed by atoms with Crippen molar-refractivity contribution in [3.05, 3.63) is 94.0 Å². The molecule has 0 spiro atoms. The van der Waals surface area contributed by atoms with E-state index >= 15 is 0 Å². The summed E-state index contributed by atoms with van der Waals surface area (Å²) in [6.07, 6.45) is 1.36. The van der Waals surface area contributed by atoms with Crippen molar-refractivity contribution in [2.45, 2.75) is 12.8 Å². The molecule has 0 aliphatic rings. The van der Waals surface area contributed by atoms with Crippen LogP contribution in [0.25, 0.3) is 22.5 Å². The maximum atomic E-state index is 11.4. The monoisotopic (exact) mass is 371 g/mol. The Labute approximate surface area is 161 Å². The third-order valence-electron chi connectivity index (χ3n) is 4.62. The van der Waals surface area contributed by atoms with Crippen LogP contribution in [0, 0.1) is 10.1 Å². The van der Waals surface area contributed by atoms with Crippen molar-refractivity contribution in [2.24, 2.45) is 0 Å². The third-order valence-corrected chi connectivity index (χ3v) is 4.62. The molecule has 0 radical (unpaired) electrons. The van der Waals surface area contributed by atoms with Gasteiger partial charge in [0.25, 0.3) is 5.69 Å². The molecule has 0 aliphatic heterocycles. The van der Waals surface area contributed by atoms with Crippen LogP contribution in [0.1, 0.15) is 11.1 Å². The van der Waals surface area contributed by atoms with Crippen molar-refractivity contribution in [1.82, 2.24) is 20.6 Å². The first-order valence-electron chi connectivity index (χ1n) is 8.86. The molecule has 4 aromatic rings. The van der Waals surface area contributed by atoms with E-state index in [4.69, 9.17) is 0 Å². The summed E-state index contributed by atoms with van der Waals surface area (Å²) in [4.78, 5) is 11.1. The van der Waals surface area contributed by atoms with Gasteiger partial charge >= 0.3 is 0 Å². The van der Waals surface area contributed by atoms with Crippen LogP contribution in [0.15, 0.2) is 72.8 Å². The third kappa shape index (κ3) is 3.78. The zero-order valence-corrected chi connectivity index (χ0v) is 14.9. The Kier molecular flexibility index (Phi) is 4.88. The Hall–Kier alpha value is -3.87. The van der Waals surface area contributed by atoms with Crippen LogP contribution in [0.3, 0.4) is 0 Å². The second-order valence-electron chi connectivity index (χ2n) is 6.40. The topological polar surface area (TPSA) is 97.6 Å². The van der Waals surface area contributed by atoms with Crippen molar-refractivity contribution in [1.29, 1.82) is 0 Å². The van der Waals surface area contributed by atoms with Gasteiger partial charge in [-0.3, -0.25) is 10.1 Å². The fourth-order valence-corrected chi connectivity index (χ4v) is 3.16. The minimum absolute atomic E-state index is 0.156. The van der Waals surface area contributed by atoms with Crippen LogP contribution in [-0.4, -0.2) is 25.5 Å². The van der Waals surface area contributed by atoms with Gasteiger partial charge in [-0.1, -0.05) is 54.6 Å². The summed E-state index contributed by atoms with van der Waals surface area (Å²) in [6, 6.07) is 23.0. The predicted octanol–water partition coefficient (Wildman–Crippen LogP) is 4.23. The normalized spacial score (nSPS) is 10.7. The van der Waals surface area contributed by atoms with Gasteiger partial charge in [-0.15, -0.1) is 10.2 Å². The van der Waals surface area contributed by atoms with E-state index in [1.165, 1.54) is 0 Å². The van der Waals surface area contributed by atoms with E-state index < -0.39 is 0 Å². The van der Waals surface area contributed by atoms with E-state index in [2.05, 4.69) is 20.6 Å². The van der Waals surface area contributed by atoms with Gasteiger partial charge in [0.05, 0.1) is 4.92 Å². The van der Waals surface area contributed by atoms with Gasteiger partial charge in [0, 0.05) is 17.2 Å². The number of nitro benzene ring substituents is 1. The summed E-state index contributed by atoms with van der Waals surface area (Å²) >= 11 is 0. The van der Waals surface area contributed by atoms with E-state index in [1.807, 2.05) is 60.7 Å². The number of rotatable bonds is 6. The number of nitro groups is 1. The number of tetrazole rings is 1. The Morgan fingerprint density at radius 2 is 1.57 bits per heavy atom. The molecular formula is C21H17N5O2. The van der Waals surface area contributed by atoms with Crippen molar-refractivity contribution in [3.8, 4) is 22.5 Å². The van der Waals surface area contributed by atoms with E-state index in [1.54, 1.807) is 12.1 Å². The minimum atomic E-state index is -0.316. The average Bonchev–Trinajstić information content (AvgIpc) is 3.28. The Balaban J connectivity index is 1.61. The highest BCUT2D eigenvalue weighted by atomic mass is 16.6. The maximum absolute atomic E-state index is 11.4. The highest BCUT2D eigenvalue weighted by molar-refractivity contribution is 5.69. The highest BCUT2D eigenvalue weighted by Gasteiger charge is 2.15. The average molecular weight is 371 g/mol. The molecule has 0 amide bonds. The maximum Gasteiger partial charge on any atom is 0.272 e. The fourth-order valence-electron chi connectivity index (χ4n) is 3.16. The predicted molar refractivity (Wildman–Crippen MR) is 106 cm³/mol. The lowest BCUT2D eigenvalue weighted by atomic mass is 9.97. The molecule has 0 unspecified atom stereocenters. The molecule has 3 aromatic carbocycles. The summed E-state index contributed by atoms with van der Waals surface area (Å²) in [5.74, 6) is 0.527. The summed E-state index contributed by atoms with van der Waals surface area (Å²) in [7, 11) is 0. The summed E-state index contributed by atoms with van der Waals surface area (Å²) in [5, 5.41) is 25.4. The smallest absolute Gasteiger partial charge is 0.258 e. The lowest BCUT2D eigenvalue weighted by molar-refractivity contribution is -0.385. The Morgan fingerprint density at radius 1 is 0.857 bits per heavy atom. The van der Waals surface area contributed by atoms with Crippen molar-refractivity contribution < 1.29 is 4.92 Å². The second kappa shape index (κ2) is 7.79. The highest BCUT2D eigenvalue weighted by Crippen LogP contribution is 2.29. The SMILES string of the molecule is O=[N+]([O-])c1ccc(-c2ccc(-c3nn[nH]n3)cc2)cc1CCc1ccccc1. The van der Waals surface area contributed by atoms with E-state index in [9.17, 15) is 10.1 Å². The molecule has 28 heavy (non-hydrogen) atoms. The van der Waals surface area contributed by atoms with Crippen LogP contribution >= 0.6 is 0 Å². The first-order valence-corrected chi connectivity index (χ1v) is 8.86. The fraction of sp³-hybridized carbons (Fsp3) is 0.0952. The first kappa shape index (κ1) is 17.5. The zero-order valence-electron chi connectivity index (χ0n) is 14.9. The van der Waals surface area contributed by atoms with Gasteiger partial charge in [0.2, 0.25) is 5.82 Å². The molecule has 0 saturated heterocycles. The molecule has 7 nitrogen and oxygen atoms in total.